The summed E-state index contributed by atoms with van der Waals surface area (Å²) in [5.41, 5.74) is 2.16. The number of aromatic nitrogens is 3. The van der Waals surface area contributed by atoms with Gasteiger partial charge in [0.05, 0.1) is 13.2 Å². The lowest BCUT2D eigenvalue weighted by molar-refractivity contribution is -0.137. The van der Waals surface area contributed by atoms with Crippen molar-refractivity contribution in [3.8, 4) is 0 Å². The number of carbonyl (C=O) groups excluding carboxylic acids is 2. The SMILES string of the molecule is O=C1C=C(Nc2ccc3n[nH]nc3c2)C(=O)N1CCO. The van der Waals surface area contributed by atoms with Crippen LogP contribution in [0.15, 0.2) is 30.0 Å². The Hall–Kier alpha value is -2.74. The van der Waals surface area contributed by atoms with E-state index in [0.717, 1.165) is 4.90 Å². The van der Waals surface area contributed by atoms with Crippen molar-refractivity contribution < 1.29 is 14.7 Å². The largest absolute Gasteiger partial charge is 0.395 e. The number of carbonyl (C=O) groups is 2. The molecule has 8 heteroatoms. The second kappa shape index (κ2) is 4.74. The highest BCUT2D eigenvalue weighted by molar-refractivity contribution is 6.17. The van der Waals surface area contributed by atoms with Gasteiger partial charge in [-0.2, -0.15) is 15.4 Å². The molecule has 2 aromatic rings. The van der Waals surface area contributed by atoms with Crippen LogP contribution in [0.5, 0.6) is 0 Å². The number of amides is 2. The zero-order valence-electron chi connectivity index (χ0n) is 10.3. The van der Waals surface area contributed by atoms with Crippen LogP contribution < -0.4 is 5.32 Å². The third kappa shape index (κ3) is 2.01. The number of imide groups is 1. The summed E-state index contributed by atoms with van der Waals surface area (Å²) < 4.78 is 0. The van der Waals surface area contributed by atoms with Crippen LogP contribution in [-0.2, 0) is 9.59 Å². The lowest BCUT2D eigenvalue weighted by Crippen LogP contribution is -2.34. The molecule has 1 aliphatic heterocycles. The Morgan fingerprint density at radius 1 is 1.25 bits per heavy atom. The fraction of sp³-hybridized carbons (Fsp3) is 0.167. The molecule has 8 nitrogen and oxygen atoms in total. The van der Waals surface area contributed by atoms with E-state index in [9.17, 15) is 9.59 Å². The van der Waals surface area contributed by atoms with E-state index in [-0.39, 0.29) is 18.8 Å². The number of aromatic amines is 1. The van der Waals surface area contributed by atoms with Crippen molar-refractivity contribution >= 4 is 28.5 Å². The summed E-state index contributed by atoms with van der Waals surface area (Å²) in [6, 6.07) is 5.19. The van der Waals surface area contributed by atoms with Gasteiger partial charge in [0.15, 0.2) is 0 Å². The number of hydrogen-bond acceptors (Lipinski definition) is 6. The Labute approximate surface area is 113 Å². The Kier molecular flexibility index (Phi) is 2.92. The van der Waals surface area contributed by atoms with Crippen molar-refractivity contribution in [2.24, 2.45) is 0 Å². The molecule has 0 fully saturated rings. The number of benzene rings is 1. The quantitative estimate of drug-likeness (QED) is 0.654. The van der Waals surface area contributed by atoms with Crippen LogP contribution in [-0.4, -0.2) is 50.4 Å². The predicted molar refractivity (Wildman–Crippen MR) is 69.4 cm³/mol. The van der Waals surface area contributed by atoms with Crippen LogP contribution in [0, 0.1) is 0 Å². The van der Waals surface area contributed by atoms with Crippen molar-refractivity contribution in [1.29, 1.82) is 0 Å². The van der Waals surface area contributed by atoms with Crippen molar-refractivity contribution in [3.05, 3.63) is 30.0 Å². The van der Waals surface area contributed by atoms with E-state index in [1.807, 2.05) is 0 Å². The van der Waals surface area contributed by atoms with Gasteiger partial charge in [0.25, 0.3) is 11.8 Å². The highest BCUT2D eigenvalue weighted by Crippen LogP contribution is 2.19. The summed E-state index contributed by atoms with van der Waals surface area (Å²) in [5, 5.41) is 22.1. The molecular weight excluding hydrogens is 262 g/mol. The normalized spacial score (nSPS) is 15.1. The summed E-state index contributed by atoms with van der Waals surface area (Å²) in [7, 11) is 0. The minimum Gasteiger partial charge on any atom is -0.395 e. The van der Waals surface area contributed by atoms with Crippen molar-refractivity contribution in [2.45, 2.75) is 0 Å². The van der Waals surface area contributed by atoms with Crippen molar-refractivity contribution in [2.75, 3.05) is 18.5 Å². The van der Waals surface area contributed by atoms with Gasteiger partial charge in [-0.1, -0.05) is 0 Å². The van der Waals surface area contributed by atoms with Gasteiger partial charge in [0.1, 0.15) is 16.7 Å². The van der Waals surface area contributed by atoms with E-state index >= 15 is 0 Å². The maximum atomic E-state index is 12.0. The van der Waals surface area contributed by atoms with E-state index in [1.165, 1.54) is 6.08 Å². The second-order valence-corrected chi connectivity index (χ2v) is 4.23. The third-order valence-corrected chi connectivity index (χ3v) is 2.93. The van der Waals surface area contributed by atoms with Crippen LogP contribution >= 0.6 is 0 Å². The number of nitrogens with one attached hydrogen (secondary N) is 2. The molecule has 102 valence electrons. The Morgan fingerprint density at radius 3 is 2.85 bits per heavy atom. The Balaban J connectivity index is 1.82. The number of nitrogens with zero attached hydrogens (tertiary/aromatic N) is 3. The Bertz CT molecular complexity index is 721. The molecule has 0 saturated heterocycles. The molecular formula is C12H11N5O3. The molecule has 3 N–H and O–H groups in total. The molecule has 0 atom stereocenters. The molecule has 0 bridgehead atoms. The zero-order chi connectivity index (χ0) is 14.1. The van der Waals surface area contributed by atoms with Crippen LogP contribution in [0.2, 0.25) is 0 Å². The molecule has 0 spiro atoms. The molecule has 0 radical (unpaired) electrons. The minimum absolute atomic E-state index is 0.0122. The smallest absolute Gasteiger partial charge is 0.277 e. The van der Waals surface area contributed by atoms with E-state index in [0.29, 0.717) is 16.7 Å². The van der Waals surface area contributed by atoms with Gasteiger partial charge in [-0.3, -0.25) is 14.5 Å². The number of rotatable bonds is 4. The fourth-order valence-electron chi connectivity index (χ4n) is 1.98. The molecule has 1 aliphatic rings. The van der Waals surface area contributed by atoms with Gasteiger partial charge in [-0.05, 0) is 18.2 Å². The molecule has 3 rings (SSSR count). The van der Waals surface area contributed by atoms with E-state index < -0.39 is 11.8 Å². The number of β-amino-alcohol motifs (C(OH)–C–C–N with tert-alkyl or cyclic N) is 1. The fourth-order valence-corrected chi connectivity index (χ4v) is 1.98. The second-order valence-electron chi connectivity index (χ2n) is 4.23. The molecule has 2 heterocycles. The summed E-state index contributed by atoms with van der Waals surface area (Å²) in [5.74, 6) is -0.890. The molecule has 20 heavy (non-hydrogen) atoms. The average molecular weight is 273 g/mol. The minimum atomic E-state index is -0.454. The number of hydrogen-bond donors (Lipinski definition) is 3. The van der Waals surface area contributed by atoms with Crippen LogP contribution in [0.25, 0.3) is 11.0 Å². The van der Waals surface area contributed by atoms with Gasteiger partial charge in [-0.15, -0.1) is 0 Å². The van der Waals surface area contributed by atoms with Gasteiger partial charge < -0.3 is 10.4 Å². The summed E-state index contributed by atoms with van der Waals surface area (Å²) in [4.78, 5) is 24.5. The number of anilines is 1. The van der Waals surface area contributed by atoms with E-state index in [4.69, 9.17) is 5.11 Å². The Morgan fingerprint density at radius 2 is 2.05 bits per heavy atom. The first-order chi connectivity index (χ1) is 9.69. The topological polar surface area (TPSA) is 111 Å². The van der Waals surface area contributed by atoms with Crippen molar-refractivity contribution in [3.63, 3.8) is 0 Å². The maximum absolute atomic E-state index is 12.0. The first-order valence-corrected chi connectivity index (χ1v) is 5.95. The standard InChI is InChI=1S/C12H11N5O3/c18-4-3-17-11(19)6-10(12(17)20)13-7-1-2-8-9(5-7)15-16-14-8/h1-2,5-6,13,18H,3-4H2,(H,14,15,16). The first kappa shape index (κ1) is 12.3. The molecule has 2 amide bonds. The molecule has 0 unspecified atom stereocenters. The number of aliphatic hydroxyl groups is 1. The molecule has 1 aromatic heterocycles. The summed E-state index contributed by atoms with van der Waals surface area (Å²) in [6.45, 7) is -0.273. The summed E-state index contributed by atoms with van der Waals surface area (Å²) in [6.07, 6.45) is 1.21. The zero-order valence-corrected chi connectivity index (χ0v) is 10.3. The van der Waals surface area contributed by atoms with E-state index in [2.05, 4.69) is 20.7 Å². The highest BCUT2D eigenvalue weighted by atomic mass is 16.3. The first-order valence-electron chi connectivity index (χ1n) is 5.95. The lowest BCUT2D eigenvalue weighted by Gasteiger charge is -2.13. The lowest BCUT2D eigenvalue weighted by atomic mass is 10.2. The third-order valence-electron chi connectivity index (χ3n) is 2.93. The molecule has 0 aliphatic carbocycles. The van der Waals surface area contributed by atoms with Gasteiger partial charge in [0, 0.05) is 11.8 Å². The summed E-state index contributed by atoms with van der Waals surface area (Å²) >= 11 is 0. The van der Waals surface area contributed by atoms with Crippen molar-refractivity contribution in [1.82, 2.24) is 20.3 Å². The molecule has 0 saturated carbocycles. The average Bonchev–Trinajstić information content (AvgIpc) is 2.99. The van der Waals surface area contributed by atoms with Gasteiger partial charge >= 0.3 is 0 Å². The maximum Gasteiger partial charge on any atom is 0.277 e. The monoisotopic (exact) mass is 273 g/mol. The number of aliphatic hydroxyl groups excluding tert-OH is 1. The highest BCUT2D eigenvalue weighted by Gasteiger charge is 2.30. The van der Waals surface area contributed by atoms with Gasteiger partial charge in [-0.25, -0.2) is 0 Å². The van der Waals surface area contributed by atoms with Crippen LogP contribution in [0.3, 0.4) is 0 Å². The van der Waals surface area contributed by atoms with Crippen LogP contribution in [0.1, 0.15) is 0 Å². The number of H-pyrrole nitrogens is 1. The molecule has 1 aromatic carbocycles. The van der Waals surface area contributed by atoms with Gasteiger partial charge in [0.2, 0.25) is 0 Å². The number of fused-ring (bicyclic) bond motifs is 1. The van der Waals surface area contributed by atoms with E-state index in [1.54, 1.807) is 18.2 Å². The van der Waals surface area contributed by atoms with Crippen LogP contribution in [0.4, 0.5) is 5.69 Å². The predicted octanol–water partition coefficient (Wildman–Crippen LogP) is -0.385.